The Kier molecular flexibility index (Phi) is 5.92. The summed E-state index contributed by atoms with van der Waals surface area (Å²) >= 11 is 0. The first-order chi connectivity index (χ1) is 10.1. The normalized spacial score (nSPS) is 23.6. The van der Waals surface area contributed by atoms with Crippen molar-refractivity contribution < 1.29 is 9.47 Å². The Morgan fingerprint density at radius 1 is 1.33 bits per heavy atom. The van der Waals surface area contributed by atoms with E-state index in [0.29, 0.717) is 6.10 Å². The summed E-state index contributed by atoms with van der Waals surface area (Å²) in [6.45, 7) is 4.30. The summed E-state index contributed by atoms with van der Waals surface area (Å²) < 4.78 is 11.6. The molecule has 0 amide bonds. The van der Waals surface area contributed by atoms with Gasteiger partial charge in [-0.05, 0) is 62.3 Å². The van der Waals surface area contributed by atoms with E-state index in [4.69, 9.17) is 15.2 Å². The minimum absolute atomic E-state index is 0.120. The van der Waals surface area contributed by atoms with E-state index >= 15 is 0 Å². The maximum Gasteiger partial charge on any atom is 0.123 e. The maximum absolute atomic E-state index is 6.31. The lowest BCUT2D eigenvalue weighted by atomic mass is 9.85. The zero-order valence-corrected chi connectivity index (χ0v) is 13.6. The summed E-state index contributed by atoms with van der Waals surface area (Å²) in [6.07, 6.45) is 7.41. The number of hydrogen-bond donors (Lipinski definition) is 1. The van der Waals surface area contributed by atoms with E-state index in [1.807, 2.05) is 19.1 Å². The fourth-order valence-corrected chi connectivity index (χ4v) is 3.20. The second-order valence-corrected chi connectivity index (χ2v) is 6.34. The molecule has 1 fully saturated rings. The molecule has 0 heterocycles. The summed E-state index contributed by atoms with van der Waals surface area (Å²) in [5.41, 5.74) is 7.12. The van der Waals surface area contributed by atoms with Gasteiger partial charge in [-0.1, -0.05) is 19.8 Å². The highest BCUT2D eigenvalue weighted by molar-refractivity contribution is 5.41. The average Bonchev–Trinajstić information content (AvgIpc) is 2.48. The van der Waals surface area contributed by atoms with Crippen LogP contribution in [0.15, 0.2) is 18.2 Å². The van der Waals surface area contributed by atoms with E-state index < -0.39 is 0 Å². The van der Waals surface area contributed by atoms with Crippen LogP contribution in [0.4, 0.5) is 0 Å². The molecular formula is C18H29NO2. The molecule has 3 unspecified atom stereocenters. The first-order valence-electron chi connectivity index (χ1n) is 8.21. The molecule has 3 nitrogen and oxygen atoms in total. The predicted molar refractivity (Wildman–Crippen MR) is 87.0 cm³/mol. The van der Waals surface area contributed by atoms with Gasteiger partial charge in [0, 0.05) is 6.04 Å². The first-order valence-corrected chi connectivity index (χ1v) is 8.21. The molecule has 1 saturated carbocycles. The van der Waals surface area contributed by atoms with Crippen LogP contribution in [0, 0.1) is 5.92 Å². The summed E-state index contributed by atoms with van der Waals surface area (Å²) in [4.78, 5) is 0. The molecule has 0 spiro atoms. The topological polar surface area (TPSA) is 44.5 Å². The molecule has 3 atom stereocenters. The van der Waals surface area contributed by atoms with Gasteiger partial charge in [-0.15, -0.1) is 0 Å². The van der Waals surface area contributed by atoms with Gasteiger partial charge in [0.1, 0.15) is 11.5 Å². The van der Waals surface area contributed by atoms with Crippen LogP contribution in [0.2, 0.25) is 0 Å². The van der Waals surface area contributed by atoms with Crippen molar-refractivity contribution in [3.05, 3.63) is 23.8 Å². The molecule has 2 rings (SSSR count). The summed E-state index contributed by atoms with van der Waals surface area (Å²) in [6, 6.07) is 6.18. The zero-order valence-electron chi connectivity index (χ0n) is 13.6. The lowest BCUT2D eigenvalue weighted by Gasteiger charge is -2.30. The molecule has 0 aliphatic heterocycles. The van der Waals surface area contributed by atoms with Gasteiger partial charge in [0.15, 0.2) is 0 Å². The van der Waals surface area contributed by atoms with Crippen LogP contribution in [0.3, 0.4) is 0 Å². The van der Waals surface area contributed by atoms with Crippen LogP contribution < -0.4 is 15.2 Å². The van der Waals surface area contributed by atoms with Gasteiger partial charge in [-0.3, -0.25) is 0 Å². The van der Waals surface area contributed by atoms with Crippen molar-refractivity contribution in [1.82, 2.24) is 0 Å². The Bertz CT molecular complexity index is 445. The second kappa shape index (κ2) is 7.69. The van der Waals surface area contributed by atoms with Gasteiger partial charge in [0.2, 0.25) is 0 Å². The molecule has 1 aromatic rings. The average molecular weight is 291 g/mol. The number of benzene rings is 1. The maximum atomic E-state index is 6.31. The van der Waals surface area contributed by atoms with Crippen LogP contribution in [0.5, 0.6) is 11.5 Å². The molecular weight excluding hydrogens is 262 g/mol. The smallest absolute Gasteiger partial charge is 0.123 e. The molecule has 21 heavy (non-hydrogen) atoms. The van der Waals surface area contributed by atoms with E-state index in [-0.39, 0.29) is 6.04 Å². The van der Waals surface area contributed by atoms with Gasteiger partial charge in [-0.25, -0.2) is 0 Å². The lowest BCUT2D eigenvalue weighted by molar-refractivity contribution is 0.121. The monoisotopic (exact) mass is 291 g/mol. The third-order valence-corrected chi connectivity index (χ3v) is 4.42. The molecule has 1 aromatic carbocycles. The van der Waals surface area contributed by atoms with E-state index in [1.165, 1.54) is 32.1 Å². The highest BCUT2D eigenvalue weighted by Gasteiger charge is 2.23. The lowest BCUT2D eigenvalue weighted by Crippen LogP contribution is -2.26. The van der Waals surface area contributed by atoms with E-state index in [0.717, 1.165) is 29.4 Å². The van der Waals surface area contributed by atoms with Crippen molar-refractivity contribution in [1.29, 1.82) is 0 Å². The Morgan fingerprint density at radius 3 is 2.81 bits per heavy atom. The third-order valence-electron chi connectivity index (χ3n) is 4.42. The van der Waals surface area contributed by atoms with Crippen LogP contribution in [0.25, 0.3) is 0 Å². The van der Waals surface area contributed by atoms with Gasteiger partial charge < -0.3 is 15.2 Å². The second-order valence-electron chi connectivity index (χ2n) is 6.34. The van der Waals surface area contributed by atoms with Crippen LogP contribution in [0.1, 0.15) is 51.5 Å². The van der Waals surface area contributed by atoms with Crippen molar-refractivity contribution >= 4 is 0 Å². The molecule has 118 valence electrons. The van der Waals surface area contributed by atoms with E-state index in [2.05, 4.69) is 13.0 Å². The standard InChI is InChI=1S/C18H29NO2/c1-4-14-6-5-7-17(11-14)21-18-9-8-16(20-3)12-15(18)10-13(2)19/h8-9,12-14,17H,4-7,10-11,19H2,1-3H3. The van der Waals surface area contributed by atoms with Crippen LogP contribution in [-0.4, -0.2) is 19.3 Å². The van der Waals surface area contributed by atoms with E-state index in [1.54, 1.807) is 7.11 Å². The first kappa shape index (κ1) is 16.2. The zero-order chi connectivity index (χ0) is 15.2. The fourth-order valence-electron chi connectivity index (χ4n) is 3.20. The quantitative estimate of drug-likeness (QED) is 0.863. The van der Waals surface area contributed by atoms with Crippen molar-refractivity contribution in [2.75, 3.05) is 7.11 Å². The Morgan fingerprint density at radius 2 is 2.14 bits per heavy atom. The highest BCUT2D eigenvalue weighted by Crippen LogP contribution is 2.32. The molecule has 3 heteroatoms. The molecule has 2 N–H and O–H groups in total. The largest absolute Gasteiger partial charge is 0.497 e. The Balaban J connectivity index is 2.10. The fraction of sp³-hybridized carbons (Fsp3) is 0.667. The minimum Gasteiger partial charge on any atom is -0.497 e. The number of nitrogens with two attached hydrogens (primary N) is 1. The SMILES string of the molecule is CCC1CCCC(Oc2ccc(OC)cc2CC(C)N)C1. The van der Waals surface area contributed by atoms with Gasteiger partial charge in [0.05, 0.1) is 13.2 Å². The molecule has 0 saturated heterocycles. The summed E-state index contributed by atoms with van der Waals surface area (Å²) in [5.74, 6) is 2.67. The van der Waals surface area contributed by atoms with Crippen molar-refractivity contribution in [3.8, 4) is 11.5 Å². The molecule has 1 aliphatic carbocycles. The van der Waals surface area contributed by atoms with Crippen LogP contribution in [-0.2, 0) is 6.42 Å². The predicted octanol–water partition coefficient (Wildman–Crippen LogP) is 3.93. The summed E-state index contributed by atoms with van der Waals surface area (Å²) in [7, 11) is 1.69. The molecule has 0 radical (unpaired) electrons. The molecule has 0 bridgehead atoms. The Hall–Kier alpha value is -1.22. The van der Waals surface area contributed by atoms with E-state index in [9.17, 15) is 0 Å². The molecule has 0 aromatic heterocycles. The van der Waals surface area contributed by atoms with Crippen molar-refractivity contribution in [3.63, 3.8) is 0 Å². The molecule has 1 aliphatic rings. The summed E-state index contributed by atoms with van der Waals surface area (Å²) in [5, 5.41) is 0. The number of methoxy groups -OCH3 is 1. The number of ether oxygens (including phenoxy) is 2. The van der Waals surface area contributed by atoms with Crippen molar-refractivity contribution in [2.45, 2.75) is 64.5 Å². The Labute approximate surface area is 128 Å². The highest BCUT2D eigenvalue weighted by atomic mass is 16.5. The van der Waals surface area contributed by atoms with Gasteiger partial charge in [-0.2, -0.15) is 0 Å². The third kappa shape index (κ3) is 4.63. The minimum atomic E-state index is 0.120. The van der Waals surface area contributed by atoms with Crippen molar-refractivity contribution in [2.24, 2.45) is 11.7 Å². The number of hydrogen-bond acceptors (Lipinski definition) is 3. The van der Waals surface area contributed by atoms with Gasteiger partial charge in [0.25, 0.3) is 0 Å². The number of rotatable bonds is 6. The van der Waals surface area contributed by atoms with Crippen LogP contribution >= 0.6 is 0 Å². The van der Waals surface area contributed by atoms with Gasteiger partial charge >= 0.3 is 0 Å².